The second-order valence-corrected chi connectivity index (χ2v) is 7.09. The van der Waals surface area contributed by atoms with Gasteiger partial charge in [-0.1, -0.05) is 24.3 Å². The molecule has 5 nitrogen and oxygen atoms in total. The Kier molecular flexibility index (Phi) is 5.86. The normalized spacial score (nSPS) is 15.5. The summed E-state index contributed by atoms with van der Waals surface area (Å²) in [7, 11) is 0. The highest BCUT2D eigenvalue weighted by molar-refractivity contribution is 5.79. The van der Waals surface area contributed by atoms with Gasteiger partial charge >= 0.3 is 6.18 Å². The number of nitrogens with one attached hydrogen (secondary N) is 1. The van der Waals surface area contributed by atoms with Crippen molar-refractivity contribution in [3.05, 3.63) is 53.0 Å². The minimum Gasteiger partial charge on any atom is -0.356 e. The Morgan fingerprint density at radius 1 is 1.18 bits per heavy atom. The first-order valence-corrected chi connectivity index (χ1v) is 9.24. The van der Waals surface area contributed by atoms with Gasteiger partial charge in [0, 0.05) is 25.2 Å². The molecule has 1 amide bonds. The molecule has 150 valence electrons. The molecule has 3 rings (SSSR count). The van der Waals surface area contributed by atoms with Crippen molar-refractivity contribution in [2.45, 2.75) is 45.3 Å². The third-order valence-corrected chi connectivity index (χ3v) is 4.91. The number of hydrogen-bond donors (Lipinski definition) is 1. The summed E-state index contributed by atoms with van der Waals surface area (Å²) in [6.45, 7) is 4.49. The molecule has 0 radical (unpaired) electrons. The van der Waals surface area contributed by atoms with Crippen LogP contribution in [-0.2, 0) is 17.4 Å². The number of carbonyl (C=O) groups excluding carboxylic acids is 1. The highest BCUT2D eigenvalue weighted by Crippen LogP contribution is 2.30. The van der Waals surface area contributed by atoms with Crippen molar-refractivity contribution in [3.63, 3.8) is 0 Å². The van der Waals surface area contributed by atoms with Gasteiger partial charge in [0.1, 0.15) is 17.3 Å². The molecule has 1 aliphatic rings. The molecule has 28 heavy (non-hydrogen) atoms. The van der Waals surface area contributed by atoms with Crippen LogP contribution < -0.4 is 10.2 Å². The first-order valence-electron chi connectivity index (χ1n) is 9.24. The van der Waals surface area contributed by atoms with Gasteiger partial charge in [-0.2, -0.15) is 13.2 Å². The second kappa shape index (κ2) is 8.16. The lowest BCUT2D eigenvalue weighted by Crippen LogP contribution is -2.45. The predicted molar refractivity (Wildman–Crippen MR) is 100 cm³/mol. The number of rotatable bonds is 4. The molecule has 0 saturated carbocycles. The van der Waals surface area contributed by atoms with Crippen molar-refractivity contribution in [3.8, 4) is 0 Å². The van der Waals surface area contributed by atoms with Gasteiger partial charge < -0.3 is 10.2 Å². The number of anilines is 1. The van der Waals surface area contributed by atoms with E-state index in [0.717, 1.165) is 17.2 Å². The molecule has 1 aliphatic heterocycles. The maximum Gasteiger partial charge on any atom is 0.433 e. The van der Waals surface area contributed by atoms with E-state index in [-0.39, 0.29) is 23.6 Å². The van der Waals surface area contributed by atoms with E-state index in [0.29, 0.717) is 32.4 Å². The first kappa shape index (κ1) is 20.1. The highest BCUT2D eigenvalue weighted by Gasteiger charge is 2.34. The number of aromatic nitrogens is 2. The fourth-order valence-electron chi connectivity index (χ4n) is 3.37. The molecule has 2 heterocycles. The Bertz CT molecular complexity index is 846. The predicted octanol–water partition coefficient (Wildman–Crippen LogP) is 3.44. The van der Waals surface area contributed by atoms with E-state index in [1.54, 1.807) is 0 Å². The molecule has 1 fully saturated rings. The lowest BCUT2D eigenvalue weighted by atomic mass is 10.0. The maximum absolute atomic E-state index is 13.0. The van der Waals surface area contributed by atoms with Crippen LogP contribution in [0.15, 0.2) is 30.3 Å². The zero-order valence-electron chi connectivity index (χ0n) is 15.9. The highest BCUT2D eigenvalue weighted by atomic mass is 19.4. The Labute approximate surface area is 162 Å². The van der Waals surface area contributed by atoms with Crippen LogP contribution in [0.25, 0.3) is 0 Å². The Morgan fingerprint density at radius 3 is 2.50 bits per heavy atom. The molecule has 2 aromatic rings. The van der Waals surface area contributed by atoms with Crippen LogP contribution in [0.1, 0.15) is 35.5 Å². The van der Waals surface area contributed by atoms with Crippen molar-refractivity contribution >= 4 is 11.7 Å². The van der Waals surface area contributed by atoms with Crippen molar-refractivity contribution in [1.82, 2.24) is 15.3 Å². The molecule has 1 aromatic heterocycles. The van der Waals surface area contributed by atoms with E-state index in [2.05, 4.69) is 15.3 Å². The summed E-state index contributed by atoms with van der Waals surface area (Å²) >= 11 is 0. The number of amides is 1. The van der Waals surface area contributed by atoms with E-state index in [1.165, 1.54) is 6.92 Å². The quantitative estimate of drug-likeness (QED) is 0.866. The van der Waals surface area contributed by atoms with Gasteiger partial charge in [-0.25, -0.2) is 9.97 Å². The summed E-state index contributed by atoms with van der Waals surface area (Å²) in [5.74, 6) is 0.341. The molecule has 0 bridgehead atoms. The fourth-order valence-corrected chi connectivity index (χ4v) is 3.37. The number of hydrogen-bond acceptors (Lipinski definition) is 4. The third kappa shape index (κ3) is 4.99. The Hall–Kier alpha value is -2.64. The van der Waals surface area contributed by atoms with Gasteiger partial charge in [-0.3, -0.25) is 4.79 Å². The number of benzene rings is 1. The van der Waals surface area contributed by atoms with Gasteiger partial charge in [-0.15, -0.1) is 0 Å². The van der Waals surface area contributed by atoms with E-state index < -0.39 is 11.9 Å². The molecule has 0 atom stereocenters. The van der Waals surface area contributed by atoms with Crippen LogP contribution in [0.3, 0.4) is 0 Å². The molecule has 1 N–H and O–H groups in total. The van der Waals surface area contributed by atoms with Gasteiger partial charge in [0.25, 0.3) is 0 Å². The summed E-state index contributed by atoms with van der Waals surface area (Å²) < 4.78 is 38.9. The summed E-state index contributed by atoms with van der Waals surface area (Å²) in [5, 5.41) is 3.04. The molecule has 1 saturated heterocycles. The molecular formula is C20H23F3N4O. The van der Waals surface area contributed by atoms with Crippen molar-refractivity contribution in [1.29, 1.82) is 0 Å². The third-order valence-electron chi connectivity index (χ3n) is 4.91. The number of piperidine rings is 1. The van der Waals surface area contributed by atoms with Crippen LogP contribution in [0, 0.1) is 13.8 Å². The molecule has 0 unspecified atom stereocenters. The van der Waals surface area contributed by atoms with Crippen LogP contribution in [-0.4, -0.2) is 35.0 Å². The second-order valence-electron chi connectivity index (χ2n) is 7.09. The van der Waals surface area contributed by atoms with Crippen LogP contribution in [0.4, 0.5) is 19.0 Å². The number of carbonyl (C=O) groups is 1. The number of alkyl halides is 3. The summed E-state index contributed by atoms with van der Waals surface area (Å²) in [5.41, 5.74) is 1.14. The maximum atomic E-state index is 13.0. The lowest BCUT2D eigenvalue weighted by molar-refractivity contribution is -0.141. The van der Waals surface area contributed by atoms with Gasteiger partial charge in [0.2, 0.25) is 5.91 Å². The molecular weight excluding hydrogens is 369 g/mol. The minimum absolute atomic E-state index is 0.0118. The van der Waals surface area contributed by atoms with E-state index in [4.69, 9.17) is 0 Å². The zero-order chi connectivity index (χ0) is 20.3. The van der Waals surface area contributed by atoms with Crippen LogP contribution in [0.5, 0.6) is 0 Å². The fraction of sp³-hybridized carbons (Fsp3) is 0.450. The largest absolute Gasteiger partial charge is 0.433 e. The molecule has 8 heteroatoms. The van der Waals surface area contributed by atoms with Crippen LogP contribution >= 0.6 is 0 Å². The average molecular weight is 392 g/mol. The van der Waals surface area contributed by atoms with Gasteiger partial charge in [0.15, 0.2) is 0 Å². The van der Waals surface area contributed by atoms with Crippen molar-refractivity contribution < 1.29 is 18.0 Å². The van der Waals surface area contributed by atoms with Gasteiger partial charge in [0.05, 0.1) is 6.42 Å². The lowest BCUT2D eigenvalue weighted by Gasteiger charge is -2.33. The molecule has 0 spiro atoms. The van der Waals surface area contributed by atoms with Crippen molar-refractivity contribution in [2.75, 3.05) is 18.0 Å². The van der Waals surface area contributed by atoms with E-state index in [1.807, 2.05) is 36.1 Å². The Balaban J connectivity index is 1.57. The number of nitrogens with zero attached hydrogens (tertiary/aromatic N) is 3. The SMILES string of the molecule is Cc1nc(N2CCC(NC(=O)Cc3ccccc3C)CC2)cc(C(F)(F)F)n1. The van der Waals surface area contributed by atoms with Gasteiger partial charge in [-0.05, 0) is 37.8 Å². The molecule has 1 aromatic carbocycles. The zero-order valence-corrected chi connectivity index (χ0v) is 15.9. The first-order chi connectivity index (χ1) is 13.2. The summed E-state index contributed by atoms with van der Waals surface area (Å²) in [6, 6.07) is 8.76. The summed E-state index contributed by atoms with van der Waals surface area (Å²) in [4.78, 5) is 21.8. The number of aryl methyl sites for hydroxylation is 2. The molecule has 0 aliphatic carbocycles. The minimum atomic E-state index is -4.50. The Morgan fingerprint density at radius 2 is 1.86 bits per heavy atom. The van der Waals surface area contributed by atoms with Crippen molar-refractivity contribution in [2.24, 2.45) is 0 Å². The smallest absolute Gasteiger partial charge is 0.356 e. The average Bonchev–Trinajstić information content (AvgIpc) is 2.63. The van der Waals surface area contributed by atoms with Crippen LogP contribution in [0.2, 0.25) is 0 Å². The van der Waals surface area contributed by atoms with E-state index in [9.17, 15) is 18.0 Å². The standard InChI is InChI=1S/C20H23F3N4O/c1-13-5-3-4-6-15(13)11-19(28)26-16-7-9-27(10-8-16)18-12-17(20(21,22)23)24-14(2)25-18/h3-6,12,16H,7-11H2,1-2H3,(H,26,28). The number of halogens is 3. The topological polar surface area (TPSA) is 58.1 Å². The van der Waals surface area contributed by atoms with E-state index >= 15 is 0 Å². The monoisotopic (exact) mass is 392 g/mol. The summed E-state index contributed by atoms with van der Waals surface area (Å²) in [6.07, 6.45) is -2.86.